The summed E-state index contributed by atoms with van der Waals surface area (Å²) in [5, 5.41) is 4.52. The summed E-state index contributed by atoms with van der Waals surface area (Å²) in [5.74, 6) is 0.904. The van der Waals surface area contributed by atoms with Crippen LogP contribution in [0.2, 0.25) is 0 Å². The summed E-state index contributed by atoms with van der Waals surface area (Å²) in [6.45, 7) is 2.99. The van der Waals surface area contributed by atoms with Gasteiger partial charge in [-0.25, -0.2) is 9.97 Å². The van der Waals surface area contributed by atoms with Crippen molar-refractivity contribution in [3.8, 4) is 11.4 Å². The highest BCUT2D eigenvalue weighted by atomic mass is 16.2. The molecule has 0 aliphatic carbocycles. The fraction of sp³-hybridized carbons (Fsp3) is 0.300. The van der Waals surface area contributed by atoms with E-state index in [1.807, 2.05) is 49.3 Å². The lowest BCUT2D eigenvalue weighted by molar-refractivity contribution is -0.131. The minimum atomic E-state index is 0.139. The van der Waals surface area contributed by atoms with E-state index < -0.39 is 0 Å². The van der Waals surface area contributed by atoms with E-state index in [1.54, 1.807) is 4.68 Å². The first kappa shape index (κ1) is 16.4. The zero-order valence-corrected chi connectivity index (χ0v) is 15.0. The van der Waals surface area contributed by atoms with Crippen LogP contribution in [0.25, 0.3) is 11.4 Å². The summed E-state index contributed by atoms with van der Waals surface area (Å²) in [4.78, 5) is 23.6. The largest absolute Gasteiger partial charge is 0.332 e. The third-order valence-corrected chi connectivity index (χ3v) is 4.65. The predicted octanol–water partition coefficient (Wildman–Crippen LogP) is 2.72. The molecule has 0 saturated carbocycles. The molecule has 3 heterocycles. The molecular formula is C20H21N5O. The van der Waals surface area contributed by atoms with E-state index in [2.05, 4.69) is 17.2 Å². The number of carbonyl (C=O) groups excluding carboxylic acids is 1. The Kier molecular flexibility index (Phi) is 4.24. The second-order valence-corrected chi connectivity index (χ2v) is 6.55. The van der Waals surface area contributed by atoms with Gasteiger partial charge in [-0.1, -0.05) is 37.3 Å². The highest BCUT2D eigenvalue weighted by molar-refractivity contribution is 5.77. The lowest BCUT2D eigenvalue weighted by Gasteiger charge is -2.13. The van der Waals surface area contributed by atoms with Gasteiger partial charge in [0.05, 0.1) is 24.5 Å². The minimum absolute atomic E-state index is 0.139. The Hall–Kier alpha value is -3.02. The standard InChI is InChI=1S/C20H21N5O/c1-3-19(26)25-12-15-17(13-25)21-18(11-14-7-5-4-6-8-14)22-20(15)16-9-10-24(2)23-16/h4-10H,3,11-13H2,1-2H3. The van der Waals surface area contributed by atoms with Crippen LogP contribution in [0.5, 0.6) is 0 Å². The Labute approximate surface area is 152 Å². The Balaban J connectivity index is 1.76. The van der Waals surface area contributed by atoms with Gasteiger partial charge in [-0.3, -0.25) is 9.48 Å². The van der Waals surface area contributed by atoms with Crippen LogP contribution in [0.4, 0.5) is 0 Å². The van der Waals surface area contributed by atoms with E-state index >= 15 is 0 Å². The van der Waals surface area contributed by atoms with Crippen LogP contribution >= 0.6 is 0 Å². The van der Waals surface area contributed by atoms with Gasteiger partial charge in [0.2, 0.25) is 5.91 Å². The van der Waals surface area contributed by atoms with E-state index in [0.717, 1.165) is 28.5 Å². The number of hydrogen-bond acceptors (Lipinski definition) is 4. The van der Waals surface area contributed by atoms with Gasteiger partial charge in [0.15, 0.2) is 0 Å². The Morgan fingerprint density at radius 2 is 1.92 bits per heavy atom. The van der Waals surface area contributed by atoms with Crippen molar-refractivity contribution in [1.82, 2.24) is 24.6 Å². The van der Waals surface area contributed by atoms with Crippen LogP contribution in [-0.2, 0) is 31.4 Å². The summed E-state index contributed by atoms with van der Waals surface area (Å²) in [6, 6.07) is 12.1. The average molecular weight is 347 g/mol. The maximum Gasteiger partial charge on any atom is 0.222 e. The highest BCUT2D eigenvalue weighted by Gasteiger charge is 2.28. The fourth-order valence-corrected chi connectivity index (χ4v) is 3.32. The van der Waals surface area contributed by atoms with Crippen molar-refractivity contribution in [3.63, 3.8) is 0 Å². The van der Waals surface area contributed by atoms with E-state index in [-0.39, 0.29) is 5.91 Å². The zero-order valence-electron chi connectivity index (χ0n) is 15.0. The number of hydrogen-bond donors (Lipinski definition) is 0. The zero-order chi connectivity index (χ0) is 18.1. The monoisotopic (exact) mass is 347 g/mol. The molecule has 0 spiro atoms. The van der Waals surface area contributed by atoms with E-state index in [9.17, 15) is 4.79 Å². The van der Waals surface area contributed by atoms with Crippen LogP contribution in [0, 0.1) is 0 Å². The number of fused-ring (bicyclic) bond motifs is 1. The van der Waals surface area contributed by atoms with Crippen molar-refractivity contribution >= 4 is 5.91 Å². The number of aromatic nitrogens is 4. The van der Waals surface area contributed by atoms with E-state index in [0.29, 0.717) is 25.9 Å². The van der Waals surface area contributed by atoms with Crippen molar-refractivity contribution < 1.29 is 4.79 Å². The smallest absolute Gasteiger partial charge is 0.222 e. The highest BCUT2D eigenvalue weighted by Crippen LogP contribution is 2.30. The van der Waals surface area contributed by atoms with Gasteiger partial charge in [0, 0.05) is 31.6 Å². The minimum Gasteiger partial charge on any atom is -0.332 e. The molecule has 1 aliphatic rings. The van der Waals surface area contributed by atoms with Gasteiger partial charge in [0.1, 0.15) is 11.5 Å². The van der Waals surface area contributed by atoms with Gasteiger partial charge >= 0.3 is 0 Å². The third-order valence-electron chi connectivity index (χ3n) is 4.65. The number of rotatable bonds is 4. The molecule has 0 fully saturated rings. The molecule has 1 aliphatic heterocycles. The summed E-state index contributed by atoms with van der Waals surface area (Å²) in [7, 11) is 1.89. The lowest BCUT2D eigenvalue weighted by Crippen LogP contribution is -2.24. The van der Waals surface area contributed by atoms with Gasteiger partial charge in [-0.05, 0) is 11.6 Å². The molecule has 0 atom stereocenters. The first-order chi connectivity index (χ1) is 12.6. The Bertz CT molecular complexity index is 948. The van der Waals surface area contributed by atoms with Gasteiger partial charge in [0.25, 0.3) is 0 Å². The molecule has 0 bridgehead atoms. The molecule has 0 saturated heterocycles. The average Bonchev–Trinajstić information content (AvgIpc) is 3.27. The van der Waals surface area contributed by atoms with E-state index in [4.69, 9.17) is 9.97 Å². The molecule has 26 heavy (non-hydrogen) atoms. The molecule has 1 aromatic carbocycles. The van der Waals surface area contributed by atoms with Gasteiger partial charge < -0.3 is 4.90 Å². The van der Waals surface area contributed by atoms with Crippen molar-refractivity contribution in [1.29, 1.82) is 0 Å². The molecule has 3 aromatic rings. The molecule has 2 aromatic heterocycles. The molecule has 4 rings (SSSR count). The maximum absolute atomic E-state index is 12.2. The summed E-state index contributed by atoms with van der Waals surface area (Å²) >= 11 is 0. The molecule has 0 radical (unpaired) electrons. The maximum atomic E-state index is 12.2. The number of amides is 1. The van der Waals surface area contributed by atoms with Crippen LogP contribution in [0.15, 0.2) is 42.6 Å². The van der Waals surface area contributed by atoms with Crippen molar-refractivity contribution in [2.45, 2.75) is 32.9 Å². The van der Waals surface area contributed by atoms with Crippen molar-refractivity contribution in [3.05, 3.63) is 65.2 Å². The summed E-state index contributed by atoms with van der Waals surface area (Å²) in [6.07, 6.45) is 3.07. The van der Waals surface area contributed by atoms with Crippen LogP contribution < -0.4 is 0 Å². The number of carbonyl (C=O) groups is 1. The van der Waals surface area contributed by atoms with Gasteiger partial charge in [-0.2, -0.15) is 5.10 Å². The summed E-state index contributed by atoms with van der Waals surface area (Å²) < 4.78 is 1.77. The molecule has 0 N–H and O–H groups in total. The molecular weight excluding hydrogens is 326 g/mol. The molecule has 132 valence electrons. The quantitative estimate of drug-likeness (QED) is 0.728. The van der Waals surface area contributed by atoms with E-state index in [1.165, 1.54) is 5.56 Å². The van der Waals surface area contributed by atoms with Crippen LogP contribution in [0.1, 0.15) is 36.0 Å². The second kappa shape index (κ2) is 6.71. The third kappa shape index (κ3) is 3.10. The lowest BCUT2D eigenvalue weighted by atomic mass is 10.1. The Morgan fingerprint density at radius 3 is 2.62 bits per heavy atom. The fourth-order valence-electron chi connectivity index (χ4n) is 3.32. The second-order valence-electron chi connectivity index (χ2n) is 6.55. The topological polar surface area (TPSA) is 63.9 Å². The SMILES string of the molecule is CCC(=O)N1Cc2nc(Cc3ccccc3)nc(-c3ccn(C)n3)c2C1. The molecule has 6 heteroatoms. The normalized spacial score (nSPS) is 13.1. The predicted molar refractivity (Wildman–Crippen MR) is 98.0 cm³/mol. The first-order valence-electron chi connectivity index (χ1n) is 8.84. The van der Waals surface area contributed by atoms with Crippen LogP contribution in [-0.4, -0.2) is 30.6 Å². The van der Waals surface area contributed by atoms with Crippen LogP contribution in [0.3, 0.4) is 0 Å². The number of nitrogens with zero attached hydrogens (tertiary/aromatic N) is 5. The number of benzene rings is 1. The van der Waals surface area contributed by atoms with Gasteiger partial charge in [-0.15, -0.1) is 0 Å². The van der Waals surface area contributed by atoms with Crippen molar-refractivity contribution in [2.75, 3.05) is 0 Å². The Morgan fingerprint density at radius 1 is 1.12 bits per heavy atom. The molecule has 0 unspecified atom stereocenters. The van der Waals surface area contributed by atoms with Crippen molar-refractivity contribution in [2.24, 2.45) is 7.05 Å². The first-order valence-corrected chi connectivity index (χ1v) is 8.84. The molecule has 6 nitrogen and oxygen atoms in total. The number of aryl methyl sites for hydroxylation is 1. The molecule has 1 amide bonds. The summed E-state index contributed by atoms with van der Waals surface area (Å²) in [5.41, 5.74) is 4.79.